The number of hydrogen-bond acceptors (Lipinski definition) is 4. The Kier molecular flexibility index (Phi) is 4.75. The van der Waals surface area contributed by atoms with E-state index in [0.29, 0.717) is 24.7 Å². The topological polar surface area (TPSA) is 55.3 Å². The van der Waals surface area contributed by atoms with E-state index in [4.69, 9.17) is 16.3 Å². The number of rotatable bonds is 4. The summed E-state index contributed by atoms with van der Waals surface area (Å²) in [5, 5.41) is 0. The molecule has 0 radical (unpaired) electrons. The largest absolute Gasteiger partial charge is 0.471 e. The maximum atomic E-state index is 11.8. The van der Waals surface area contributed by atoms with Crippen molar-refractivity contribution in [3.05, 3.63) is 18.6 Å². The van der Waals surface area contributed by atoms with Crippen molar-refractivity contribution in [2.75, 3.05) is 19.0 Å². The summed E-state index contributed by atoms with van der Waals surface area (Å²) in [6.45, 7) is 1.39. The van der Waals surface area contributed by atoms with E-state index in [1.807, 2.05) is 4.90 Å². The number of likely N-dealkylation sites (tertiary alicyclic amines) is 1. The van der Waals surface area contributed by atoms with Gasteiger partial charge in [-0.2, -0.15) is 0 Å². The van der Waals surface area contributed by atoms with Crippen molar-refractivity contribution < 1.29 is 9.53 Å². The van der Waals surface area contributed by atoms with Gasteiger partial charge >= 0.3 is 0 Å². The van der Waals surface area contributed by atoms with E-state index in [2.05, 4.69) is 9.97 Å². The predicted molar refractivity (Wildman–Crippen MR) is 67.6 cm³/mol. The molecule has 1 aromatic heterocycles. The van der Waals surface area contributed by atoms with Crippen LogP contribution in [0.5, 0.6) is 5.88 Å². The van der Waals surface area contributed by atoms with Gasteiger partial charge < -0.3 is 9.64 Å². The number of carbonyl (C=O) groups excluding carboxylic acids is 1. The van der Waals surface area contributed by atoms with Gasteiger partial charge in [-0.15, -0.1) is 11.6 Å². The van der Waals surface area contributed by atoms with Gasteiger partial charge in [-0.1, -0.05) is 0 Å². The van der Waals surface area contributed by atoms with E-state index in [1.54, 1.807) is 18.6 Å². The number of alkyl halides is 1. The fraction of sp³-hybridized carbons (Fsp3) is 0.583. The van der Waals surface area contributed by atoms with Crippen molar-refractivity contribution in [2.24, 2.45) is 0 Å². The summed E-state index contributed by atoms with van der Waals surface area (Å²) >= 11 is 5.58. The molecule has 1 unspecified atom stereocenters. The number of piperidine rings is 1. The Balaban J connectivity index is 1.89. The maximum absolute atomic E-state index is 11.8. The van der Waals surface area contributed by atoms with Gasteiger partial charge in [0.05, 0.1) is 12.7 Å². The number of aromatic nitrogens is 2. The van der Waals surface area contributed by atoms with Crippen molar-refractivity contribution in [1.29, 1.82) is 0 Å². The van der Waals surface area contributed by atoms with Gasteiger partial charge in [-0.05, 0) is 12.8 Å². The molecule has 98 valence electrons. The van der Waals surface area contributed by atoms with Gasteiger partial charge in [0.25, 0.3) is 0 Å². The Morgan fingerprint density at radius 3 is 3.17 bits per heavy atom. The van der Waals surface area contributed by atoms with Crippen molar-refractivity contribution in [1.82, 2.24) is 14.9 Å². The summed E-state index contributed by atoms with van der Waals surface area (Å²) < 4.78 is 5.71. The van der Waals surface area contributed by atoms with E-state index >= 15 is 0 Å². The lowest BCUT2D eigenvalue weighted by molar-refractivity contribution is -0.133. The summed E-state index contributed by atoms with van der Waals surface area (Å²) in [6.07, 6.45) is 7.03. The van der Waals surface area contributed by atoms with Crippen LogP contribution >= 0.6 is 11.6 Å². The first-order valence-electron chi connectivity index (χ1n) is 6.06. The van der Waals surface area contributed by atoms with Crippen LogP contribution in [0.2, 0.25) is 0 Å². The highest BCUT2D eigenvalue weighted by Crippen LogP contribution is 2.16. The summed E-state index contributed by atoms with van der Waals surface area (Å²) in [6, 6.07) is 0. The molecule has 0 aliphatic carbocycles. The zero-order valence-corrected chi connectivity index (χ0v) is 10.8. The minimum atomic E-state index is -0.00488. The first-order valence-corrected chi connectivity index (χ1v) is 6.59. The third kappa shape index (κ3) is 3.57. The van der Waals surface area contributed by atoms with E-state index in [0.717, 1.165) is 19.4 Å². The summed E-state index contributed by atoms with van der Waals surface area (Å²) in [5.74, 6) is 0.969. The fourth-order valence-electron chi connectivity index (χ4n) is 2.02. The summed E-state index contributed by atoms with van der Waals surface area (Å²) in [5.41, 5.74) is 0. The van der Waals surface area contributed by atoms with Gasteiger partial charge in [0.1, 0.15) is 6.10 Å². The van der Waals surface area contributed by atoms with Crippen LogP contribution in [0.15, 0.2) is 18.6 Å². The van der Waals surface area contributed by atoms with Crippen LogP contribution in [0.3, 0.4) is 0 Å². The SMILES string of the molecule is O=C(CCCl)N1CCCC(Oc2cnccn2)C1. The van der Waals surface area contributed by atoms with Gasteiger partial charge in [0.15, 0.2) is 0 Å². The molecule has 2 heterocycles. The highest BCUT2D eigenvalue weighted by atomic mass is 35.5. The van der Waals surface area contributed by atoms with Gasteiger partial charge in [0, 0.05) is 31.2 Å². The smallest absolute Gasteiger partial charge is 0.232 e. The first kappa shape index (κ1) is 13.1. The quantitative estimate of drug-likeness (QED) is 0.777. The molecule has 0 N–H and O–H groups in total. The Morgan fingerprint density at radius 2 is 2.44 bits per heavy atom. The van der Waals surface area contributed by atoms with Crippen LogP contribution in [0.25, 0.3) is 0 Å². The molecule has 0 spiro atoms. The van der Waals surface area contributed by atoms with Gasteiger partial charge in [0.2, 0.25) is 11.8 Å². The second kappa shape index (κ2) is 6.54. The molecular formula is C12H16ClN3O2. The van der Waals surface area contributed by atoms with Crippen LogP contribution in [-0.2, 0) is 4.79 Å². The van der Waals surface area contributed by atoms with Crippen molar-refractivity contribution in [2.45, 2.75) is 25.4 Å². The Morgan fingerprint density at radius 1 is 1.56 bits per heavy atom. The fourth-order valence-corrected chi connectivity index (χ4v) is 2.18. The molecule has 0 saturated carbocycles. The highest BCUT2D eigenvalue weighted by Gasteiger charge is 2.24. The average Bonchev–Trinajstić information content (AvgIpc) is 2.40. The van der Waals surface area contributed by atoms with Crippen LogP contribution in [-0.4, -0.2) is 45.8 Å². The molecule has 0 aromatic carbocycles. The lowest BCUT2D eigenvalue weighted by atomic mass is 10.1. The molecule has 18 heavy (non-hydrogen) atoms. The van der Waals surface area contributed by atoms with Crippen molar-refractivity contribution in [3.8, 4) is 5.88 Å². The lowest BCUT2D eigenvalue weighted by Crippen LogP contribution is -2.44. The van der Waals surface area contributed by atoms with Crippen LogP contribution < -0.4 is 4.74 Å². The Hall–Kier alpha value is -1.36. The molecule has 1 aliphatic rings. The molecule has 2 rings (SSSR count). The molecule has 1 amide bonds. The first-order chi connectivity index (χ1) is 8.79. The third-order valence-electron chi connectivity index (χ3n) is 2.87. The number of nitrogens with zero attached hydrogens (tertiary/aromatic N) is 3. The van der Waals surface area contributed by atoms with Gasteiger partial charge in [-0.3, -0.25) is 9.78 Å². The predicted octanol–water partition coefficient (Wildman–Crippen LogP) is 1.48. The molecule has 1 aromatic rings. The molecule has 1 saturated heterocycles. The minimum absolute atomic E-state index is 0.00488. The monoisotopic (exact) mass is 269 g/mol. The zero-order valence-electron chi connectivity index (χ0n) is 10.1. The van der Waals surface area contributed by atoms with E-state index in [9.17, 15) is 4.79 Å². The normalized spacial score (nSPS) is 19.6. The van der Waals surface area contributed by atoms with Crippen LogP contribution in [0.4, 0.5) is 0 Å². The van der Waals surface area contributed by atoms with Gasteiger partial charge in [-0.25, -0.2) is 4.98 Å². The molecule has 1 fully saturated rings. The molecule has 6 heteroatoms. The van der Waals surface area contributed by atoms with Crippen LogP contribution in [0, 0.1) is 0 Å². The molecule has 0 bridgehead atoms. The highest BCUT2D eigenvalue weighted by molar-refractivity contribution is 6.18. The second-order valence-electron chi connectivity index (χ2n) is 4.20. The van der Waals surface area contributed by atoms with E-state index in [-0.39, 0.29) is 12.0 Å². The van der Waals surface area contributed by atoms with Crippen LogP contribution in [0.1, 0.15) is 19.3 Å². The molecule has 5 nitrogen and oxygen atoms in total. The van der Waals surface area contributed by atoms with E-state index < -0.39 is 0 Å². The van der Waals surface area contributed by atoms with E-state index in [1.165, 1.54) is 0 Å². The Labute approximate surface area is 111 Å². The lowest BCUT2D eigenvalue weighted by Gasteiger charge is -2.32. The molecular weight excluding hydrogens is 254 g/mol. The number of hydrogen-bond donors (Lipinski definition) is 0. The number of halogens is 1. The average molecular weight is 270 g/mol. The molecule has 1 aliphatic heterocycles. The number of ether oxygens (including phenoxy) is 1. The summed E-state index contributed by atoms with van der Waals surface area (Å²) in [7, 11) is 0. The van der Waals surface area contributed by atoms with Crippen molar-refractivity contribution >= 4 is 17.5 Å². The number of carbonyl (C=O) groups is 1. The number of amides is 1. The third-order valence-corrected chi connectivity index (χ3v) is 3.06. The maximum Gasteiger partial charge on any atom is 0.232 e. The zero-order chi connectivity index (χ0) is 12.8. The standard InChI is InChI=1S/C12H16ClN3O2/c13-4-3-12(17)16-7-1-2-10(9-16)18-11-8-14-5-6-15-11/h5-6,8,10H,1-4,7,9H2. The van der Waals surface area contributed by atoms with Crippen molar-refractivity contribution in [3.63, 3.8) is 0 Å². The minimum Gasteiger partial charge on any atom is -0.471 e. The second-order valence-corrected chi connectivity index (χ2v) is 4.58. The molecule has 1 atom stereocenters. The Bertz CT molecular complexity index is 388. The summed E-state index contributed by atoms with van der Waals surface area (Å²) in [4.78, 5) is 21.6.